The van der Waals surface area contributed by atoms with Crippen LogP contribution in [0.3, 0.4) is 0 Å². The van der Waals surface area contributed by atoms with Gasteiger partial charge >= 0.3 is 5.87 Å². The minimum atomic E-state index is 0.848. The first-order valence-corrected chi connectivity index (χ1v) is 28.6. The van der Waals surface area contributed by atoms with Crippen molar-refractivity contribution in [3.63, 3.8) is 0 Å². The van der Waals surface area contributed by atoms with Crippen LogP contribution in [-0.2, 0) is 38.5 Å². The van der Waals surface area contributed by atoms with Crippen LogP contribution in [0.2, 0.25) is 0 Å². The van der Waals surface area contributed by atoms with Crippen LogP contribution in [0, 0.1) is 0 Å². The maximum atomic E-state index is 10.2. The average molecular weight is 890 g/mol. The van der Waals surface area contributed by atoms with Crippen LogP contribution in [0.15, 0.2) is 47.6 Å². The zero-order valence-electron chi connectivity index (χ0n) is 44.5. The van der Waals surface area contributed by atoms with Crippen LogP contribution in [0.1, 0.15) is 299 Å². The summed E-state index contributed by atoms with van der Waals surface area (Å²) in [7, 11) is 0. The van der Waals surface area contributed by atoms with Crippen LogP contribution < -0.4 is 0 Å². The molecular formula is C63H104N2. The van der Waals surface area contributed by atoms with Gasteiger partial charge in [-0.05, 0) is 134 Å². The van der Waals surface area contributed by atoms with Gasteiger partial charge in [-0.15, -0.1) is 4.79 Å². The first-order valence-electron chi connectivity index (χ1n) is 28.6. The van der Waals surface area contributed by atoms with Crippen molar-refractivity contribution in [1.29, 1.82) is 0 Å². The summed E-state index contributed by atoms with van der Waals surface area (Å²) in [6, 6.07) is 10.3. The molecule has 0 aromatic heterocycles. The number of rotatable bonds is 41. The number of hydrogen-bond donors (Lipinski definition) is 0. The van der Waals surface area contributed by atoms with Gasteiger partial charge in [0.05, 0.1) is 5.57 Å². The van der Waals surface area contributed by atoms with Gasteiger partial charge in [0.1, 0.15) is 0 Å². The molecule has 0 atom stereocenters. The Morgan fingerprint density at radius 1 is 0.415 bits per heavy atom. The lowest BCUT2D eigenvalue weighted by atomic mass is 9.80. The number of nitrogens with zero attached hydrogens (tertiary/aromatic N) is 2. The van der Waals surface area contributed by atoms with Gasteiger partial charge in [0.2, 0.25) is 0 Å². The molecule has 65 heavy (non-hydrogen) atoms. The van der Waals surface area contributed by atoms with E-state index in [1.807, 2.05) is 0 Å². The van der Waals surface area contributed by atoms with Crippen molar-refractivity contribution in [2.75, 3.05) is 0 Å². The van der Waals surface area contributed by atoms with Gasteiger partial charge in [-0.25, -0.2) is 0 Å². The molecule has 0 fully saturated rings. The molecule has 0 N–H and O–H groups in total. The number of unbranched alkanes of at least 4 members (excludes halogenated alkanes) is 22. The van der Waals surface area contributed by atoms with E-state index in [4.69, 9.17) is 0 Å². The molecule has 0 radical (unpaired) electrons. The highest BCUT2D eigenvalue weighted by atomic mass is 14.8. The molecule has 0 unspecified atom stereocenters. The second-order valence-corrected chi connectivity index (χ2v) is 19.9. The van der Waals surface area contributed by atoms with E-state index in [1.54, 1.807) is 22.3 Å². The molecule has 366 valence electrons. The Kier molecular flexibility index (Phi) is 35.0. The maximum absolute atomic E-state index is 10.2. The van der Waals surface area contributed by atoms with E-state index >= 15 is 0 Å². The monoisotopic (exact) mass is 889 g/mol. The SMILES string of the molecule is CCCCCCCCCCCCCCCCCCCCC=CC(C(=C=[N+]=[N-])CCCC)=C(c1cc(CCC)c(CCC)c(CCC)c1)c1cc(CCCC)c(CCCC)c(CCCC)c1. The summed E-state index contributed by atoms with van der Waals surface area (Å²) in [4.78, 5) is 3.66. The number of allylic oxidation sites excluding steroid dienone is 4. The number of aryl methyl sites for hydroxylation is 4. The van der Waals surface area contributed by atoms with Crippen molar-refractivity contribution in [3.8, 4) is 0 Å². The zero-order valence-corrected chi connectivity index (χ0v) is 44.5. The molecule has 2 aromatic rings. The van der Waals surface area contributed by atoms with Crippen molar-refractivity contribution in [2.45, 2.75) is 293 Å². The predicted molar refractivity (Wildman–Crippen MR) is 291 cm³/mol. The van der Waals surface area contributed by atoms with Gasteiger partial charge < -0.3 is 5.53 Å². The summed E-state index contributed by atoms with van der Waals surface area (Å²) >= 11 is 0. The van der Waals surface area contributed by atoms with E-state index in [-0.39, 0.29) is 0 Å². The third-order valence-electron chi connectivity index (χ3n) is 13.9. The Hall–Kier alpha value is -2.92. The van der Waals surface area contributed by atoms with Crippen LogP contribution in [0.5, 0.6) is 0 Å². The smallest absolute Gasteiger partial charge is 0.303 e. The number of benzene rings is 2. The molecule has 0 saturated carbocycles. The summed E-state index contributed by atoms with van der Waals surface area (Å²) in [5.74, 6) is 3.19. The normalized spacial score (nSPS) is 11.9. The molecule has 2 aromatic carbocycles. The Morgan fingerprint density at radius 2 is 0.785 bits per heavy atom. The van der Waals surface area contributed by atoms with E-state index < -0.39 is 0 Å². The lowest BCUT2D eigenvalue weighted by Gasteiger charge is -2.23. The van der Waals surface area contributed by atoms with E-state index in [9.17, 15) is 5.53 Å². The highest BCUT2D eigenvalue weighted by molar-refractivity contribution is 5.90. The lowest BCUT2D eigenvalue weighted by Crippen LogP contribution is -2.08. The fourth-order valence-corrected chi connectivity index (χ4v) is 10.1. The molecule has 0 saturated heterocycles. The van der Waals surface area contributed by atoms with Crippen LogP contribution in [0.4, 0.5) is 0 Å². The van der Waals surface area contributed by atoms with E-state index in [0.717, 1.165) is 76.2 Å². The standard InChI is InChI=1S/C63H104N2/c1-9-17-22-23-24-25-26-27-28-29-30-31-32-33-34-35-36-37-38-39-47-62(57(52-65-64)45-20-12-4)63(58-48-53(40-14-6)60(42-16-8)54(49-58)41-15-7)59-50-55(43-18-10-2)61(46-21-13-5)56(51-59)44-19-11-3/h39,47-51H,9-38,40-46H2,1-8H3. The molecule has 0 aliphatic rings. The fourth-order valence-electron chi connectivity index (χ4n) is 10.1. The van der Waals surface area contributed by atoms with Crippen LogP contribution >= 0.6 is 0 Å². The lowest BCUT2D eigenvalue weighted by molar-refractivity contribution is 0.00742. The molecule has 0 aliphatic heterocycles. The minimum Gasteiger partial charge on any atom is -0.348 e. The van der Waals surface area contributed by atoms with Crippen LogP contribution in [-0.4, -0.2) is 10.7 Å². The van der Waals surface area contributed by atoms with Crippen molar-refractivity contribution in [1.82, 2.24) is 0 Å². The molecule has 0 amide bonds. The third kappa shape index (κ3) is 23.6. The quantitative estimate of drug-likeness (QED) is 0.0210. The summed E-state index contributed by atoms with van der Waals surface area (Å²) in [5.41, 5.74) is 25.8. The third-order valence-corrected chi connectivity index (χ3v) is 13.9. The van der Waals surface area contributed by atoms with Gasteiger partial charge in [-0.2, -0.15) is 0 Å². The van der Waals surface area contributed by atoms with Crippen molar-refractivity contribution in [3.05, 3.63) is 97.6 Å². The van der Waals surface area contributed by atoms with E-state index in [2.05, 4.69) is 102 Å². The number of hydrogen-bond acceptors (Lipinski definition) is 0. The molecule has 2 rings (SSSR count). The van der Waals surface area contributed by atoms with Gasteiger partial charge in [0.15, 0.2) is 0 Å². The maximum Gasteiger partial charge on any atom is 0.303 e. The topological polar surface area (TPSA) is 36.4 Å². The van der Waals surface area contributed by atoms with Crippen molar-refractivity contribution in [2.24, 2.45) is 0 Å². The molecule has 0 aliphatic carbocycles. The molecule has 0 bridgehead atoms. The molecule has 2 nitrogen and oxygen atoms in total. The van der Waals surface area contributed by atoms with Crippen molar-refractivity contribution < 1.29 is 4.79 Å². The summed E-state index contributed by atoms with van der Waals surface area (Å²) in [6.45, 7) is 18.6. The Morgan fingerprint density at radius 3 is 1.18 bits per heavy atom. The van der Waals surface area contributed by atoms with Gasteiger partial charge in [0.25, 0.3) is 0 Å². The summed E-state index contributed by atoms with van der Waals surface area (Å²) < 4.78 is 0. The minimum absolute atomic E-state index is 0.848. The fraction of sp³-hybridized carbons (Fsp3) is 0.714. The van der Waals surface area contributed by atoms with Crippen LogP contribution in [0.25, 0.3) is 11.1 Å². The Balaban J connectivity index is 2.52. The highest BCUT2D eigenvalue weighted by Crippen LogP contribution is 2.38. The predicted octanol–water partition coefficient (Wildman–Crippen LogP) is 20.4. The Bertz CT molecular complexity index is 1620. The van der Waals surface area contributed by atoms with Gasteiger partial charge in [0, 0.05) is 5.57 Å². The second kappa shape index (κ2) is 39.1. The molecule has 2 heteroatoms. The average Bonchev–Trinajstić information content (AvgIpc) is 3.31. The van der Waals surface area contributed by atoms with E-state index in [0.29, 0.717) is 0 Å². The van der Waals surface area contributed by atoms with Crippen molar-refractivity contribution >= 4 is 11.4 Å². The second-order valence-electron chi connectivity index (χ2n) is 19.9. The highest BCUT2D eigenvalue weighted by Gasteiger charge is 2.22. The molecule has 0 spiro atoms. The summed E-state index contributed by atoms with van der Waals surface area (Å²) in [6.07, 6.45) is 51.7. The summed E-state index contributed by atoms with van der Waals surface area (Å²) in [5, 5.41) is 0. The first-order chi connectivity index (χ1) is 32.0. The molecule has 0 heterocycles. The van der Waals surface area contributed by atoms with Gasteiger partial charge in [-0.1, -0.05) is 246 Å². The Labute approximate surface area is 405 Å². The zero-order chi connectivity index (χ0) is 47.2. The first kappa shape index (κ1) is 58.2. The largest absolute Gasteiger partial charge is 0.348 e. The molecular weight excluding hydrogens is 785 g/mol. The van der Waals surface area contributed by atoms with Gasteiger partial charge in [-0.3, -0.25) is 0 Å². The van der Waals surface area contributed by atoms with E-state index in [1.165, 1.54) is 200 Å².